The normalized spacial score (nSPS) is 10.6. The monoisotopic (exact) mass is 209 g/mol. The Kier molecular flexibility index (Phi) is 4.92. The molecule has 8 heteroatoms. The van der Waals surface area contributed by atoms with Gasteiger partial charge in [0.2, 0.25) is 0 Å². The third-order valence-electron chi connectivity index (χ3n) is 1.06. The molecule has 0 saturated carbocycles. The standard InChI is InChI=1S/C5H5N3O3S.Na/c6-5-7-2(1-12-5)3(8-11)4(9)10;/h1,11H,(H2,6,7)(H,9,10);/q;+1/p-1/b8-3-;. The van der Waals surface area contributed by atoms with Gasteiger partial charge in [0.1, 0.15) is 5.69 Å². The first-order valence-electron chi connectivity index (χ1n) is 2.80. The van der Waals surface area contributed by atoms with Crippen molar-refractivity contribution in [3.63, 3.8) is 0 Å². The summed E-state index contributed by atoms with van der Waals surface area (Å²) < 4.78 is 0. The third kappa shape index (κ3) is 2.96. The fourth-order valence-corrected chi connectivity index (χ4v) is 1.14. The maximum Gasteiger partial charge on any atom is 1.00 e. The van der Waals surface area contributed by atoms with Gasteiger partial charge in [0, 0.05) is 5.38 Å². The van der Waals surface area contributed by atoms with Crippen molar-refractivity contribution in [2.45, 2.75) is 0 Å². The Morgan fingerprint density at radius 2 is 2.38 bits per heavy atom. The van der Waals surface area contributed by atoms with Gasteiger partial charge in [-0.3, -0.25) is 0 Å². The van der Waals surface area contributed by atoms with Gasteiger partial charge in [0.25, 0.3) is 0 Å². The smallest absolute Gasteiger partial charge is 0.543 e. The van der Waals surface area contributed by atoms with Crippen LogP contribution in [-0.2, 0) is 4.79 Å². The van der Waals surface area contributed by atoms with Crippen LogP contribution in [0, 0.1) is 0 Å². The van der Waals surface area contributed by atoms with Crippen LogP contribution in [0.1, 0.15) is 5.69 Å². The molecule has 0 saturated heterocycles. The molecule has 0 amide bonds. The maximum atomic E-state index is 10.3. The summed E-state index contributed by atoms with van der Waals surface area (Å²) in [5.41, 5.74) is 4.61. The molecule has 3 N–H and O–H groups in total. The summed E-state index contributed by atoms with van der Waals surface area (Å²) in [6.45, 7) is 0. The number of rotatable bonds is 2. The van der Waals surface area contributed by atoms with E-state index in [2.05, 4.69) is 10.1 Å². The quantitative estimate of drug-likeness (QED) is 0.221. The Labute approximate surface area is 99.4 Å². The number of carboxylic acid groups (broad SMARTS) is 1. The summed E-state index contributed by atoms with van der Waals surface area (Å²) >= 11 is 1.05. The number of carbonyl (C=O) groups excluding carboxylic acids is 1. The van der Waals surface area contributed by atoms with Gasteiger partial charge in [0.15, 0.2) is 10.8 Å². The third-order valence-corrected chi connectivity index (χ3v) is 1.73. The van der Waals surface area contributed by atoms with Crippen LogP contribution >= 0.6 is 11.3 Å². The van der Waals surface area contributed by atoms with E-state index in [1.807, 2.05) is 0 Å². The molecule has 64 valence electrons. The SMILES string of the molecule is Nc1nc(/C(=N/O)C(=O)[O-])cs1.[Na+]. The Morgan fingerprint density at radius 3 is 2.69 bits per heavy atom. The zero-order valence-electron chi connectivity index (χ0n) is 6.72. The molecule has 0 spiro atoms. The number of carboxylic acids is 1. The number of anilines is 1. The number of oxime groups is 1. The molecule has 1 aromatic heterocycles. The fraction of sp³-hybridized carbons (Fsp3) is 0. The molecule has 6 nitrogen and oxygen atoms in total. The van der Waals surface area contributed by atoms with Gasteiger partial charge >= 0.3 is 29.6 Å². The van der Waals surface area contributed by atoms with Crippen LogP contribution < -0.4 is 40.4 Å². The molecule has 1 heterocycles. The molecule has 0 aliphatic carbocycles. The van der Waals surface area contributed by atoms with E-state index in [-0.39, 0.29) is 40.4 Å². The van der Waals surface area contributed by atoms with E-state index < -0.39 is 11.7 Å². The van der Waals surface area contributed by atoms with Crippen LogP contribution in [0.4, 0.5) is 5.13 Å². The molecule has 0 aliphatic rings. The topological polar surface area (TPSA) is 112 Å². The zero-order valence-corrected chi connectivity index (χ0v) is 9.54. The minimum Gasteiger partial charge on any atom is -0.543 e. The van der Waals surface area contributed by atoms with E-state index >= 15 is 0 Å². The van der Waals surface area contributed by atoms with E-state index in [0.29, 0.717) is 0 Å². The second-order valence-corrected chi connectivity index (χ2v) is 2.70. The first-order chi connectivity index (χ1) is 5.65. The summed E-state index contributed by atoms with van der Waals surface area (Å²) in [5, 5.41) is 22.6. The van der Waals surface area contributed by atoms with Crippen LogP contribution in [-0.4, -0.2) is 21.9 Å². The number of nitrogens with zero attached hydrogens (tertiary/aromatic N) is 2. The van der Waals surface area contributed by atoms with Crippen molar-refractivity contribution in [3.8, 4) is 0 Å². The van der Waals surface area contributed by atoms with E-state index in [1.54, 1.807) is 0 Å². The Balaban J connectivity index is 0.00000144. The maximum absolute atomic E-state index is 10.3. The van der Waals surface area contributed by atoms with Crippen LogP contribution in [0.3, 0.4) is 0 Å². The van der Waals surface area contributed by atoms with Gasteiger partial charge in [0.05, 0.1) is 5.97 Å². The molecule has 0 aliphatic heterocycles. The number of aromatic nitrogens is 1. The van der Waals surface area contributed by atoms with Crippen LogP contribution in [0.2, 0.25) is 0 Å². The number of aliphatic carboxylic acids is 1. The Morgan fingerprint density at radius 1 is 1.77 bits per heavy atom. The number of hydrogen-bond donors (Lipinski definition) is 2. The molecule has 0 bridgehead atoms. The van der Waals surface area contributed by atoms with Crippen molar-refractivity contribution < 1.29 is 44.7 Å². The molecule has 0 atom stereocenters. The number of nitrogen functional groups attached to an aromatic ring is 1. The van der Waals surface area contributed by atoms with Crippen LogP contribution in [0.15, 0.2) is 10.5 Å². The van der Waals surface area contributed by atoms with Crippen molar-refractivity contribution in [1.82, 2.24) is 4.98 Å². The average molecular weight is 209 g/mol. The zero-order chi connectivity index (χ0) is 9.14. The Hall–Kier alpha value is -0.630. The Bertz CT molecular complexity index is 338. The van der Waals surface area contributed by atoms with Gasteiger partial charge in [-0.15, -0.1) is 11.3 Å². The molecule has 1 aromatic rings. The average Bonchev–Trinajstić information content (AvgIpc) is 2.37. The number of nitrogens with two attached hydrogens (primary N) is 1. The van der Waals surface area contributed by atoms with E-state index in [4.69, 9.17) is 10.9 Å². The molecular formula is C5H4N3NaO3S. The number of thiazole rings is 1. The molecule has 0 unspecified atom stereocenters. The van der Waals surface area contributed by atoms with Gasteiger partial charge in [-0.2, -0.15) is 0 Å². The summed E-state index contributed by atoms with van der Waals surface area (Å²) in [4.78, 5) is 13.8. The van der Waals surface area contributed by atoms with E-state index in [0.717, 1.165) is 11.3 Å². The van der Waals surface area contributed by atoms with Crippen molar-refractivity contribution in [2.75, 3.05) is 5.73 Å². The fourth-order valence-electron chi connectivity index (χ4n) is 0.593. The van der Waals surface area contributed by atoms with Crippen molar-refractivity contribution in [1.29, 1.82) is 0 Å². The van der Waals surface area contributed by atoms with Crippen LogP contribution in [0.5, 0.6) is 0 Å². The number of carbonyl (C=O) groups is 1. The molecular weight excluding hydrogens is 205 g/mol. The summed E-state index contributed by atoms with van der Waals surface area (Å²) in [7, 11) is 0. The second kappa shape index (κ2) is 5.18. The predicted molar refractivity (Wildman–Crippen MR) is 39.9 cm³/mol. The first kappa shape index (κ1) is 12.4. The molecule has 13 heavy (non-hydrogen) atoms. The molecule has 0 radical (unpaired) electrons. The van der Waals surface area contributed by atoms with Crippen molar-refractivity contribution in [3.05, 3.63) is 11.1 Å². The van der Waals surface area contributed by atoms with Gasteiger partial charge < -0.3 is 20.8 Å². The minimum atomic E-state index is -1.59. The van der Waals surface area contributed by atoms with Gasteiger partial charge in [-0.05, 0) is 0 Å². The summed E-state index contributed by atoms with van der Waals surface area (Å²) in [5.74, 6) is -1.59. The van der Waals surface area contributed by atoms with E-state index in [9.17, 15) is 9.90 Å². The van der Waals surface area contributed by atoms with Crippen molar-refractivity contribution >= 4 is 28.1 Å². The van der Waals surface area contributed by atoms with Crippen molar-refractivity contribution in [2.24, 2.45) is 5.16 Å². The minimum absolute atomic E-state index is 0. The largest absolute Gasteiger partial charge is 1.00 e. The van der Waals surface area contributed by atoms with E-state index in [1.165, 1.54) is 5.38 Å². The summed E-state index contributed by atoms with van der Waals surface area (Å²) in [6.07, 6.45) is 0. The predicted octanol–water partition coefficient (Wildman–Crippen LogP) is -4.34. The first-order valence-corrected chi connectivity index (χ1v) is 3.68. The summed E-state index contributed by atoms with van der Waals surface area (Å²) in [6, 6.07) is 0. The van der Waals surface area contributed by atoms with Gasteiger partial charge in [-0.25, -0.2) is 4.98 Å². The van der Waals surface area contributed by atoms with Crippen LogP contribution in [0.25, 0.3) is 0 Å². The molecule has 0 fully saturated rings. The second-order valence-electron chi connectivity index (χ2n) is 1.81. The van der Waals surface area contributed by atoms with Gasteiger partial charge in [-0.1, -0.05) is 5.16 Å². The molecule has 1 rings (SSSR count). The number of hydrogen-bond acceptors (Lipinski definition) is 7. The molecule has 0 aromatic carbocycles.